The zero-order chi connectivity index (χ0) is 18.1. The molecule has 1 fully saturated rings. The van der Waals surface area contributed by atoms with Gasteiger partial charge in [-0.25, -0.2) is 0 Å². The Morgan fingerprint density at radius 3 is 2.72 bits per heavy atom. The Hall–Kier alpha value is -1.59. The van der Waals surface area contributed by atoms with E-state index >= 15 is 0 Å². The number of guanidine groups is 1. The summed E-state index contributed by atoms with van der Waals surface area (Å²) >= 11 is 0. The monoisotopic (exact) mass is 346 g/mol. The van der Waals surface area contributed by atoms with Crippen molar-refractivity contribution < 1.29 is 4.74 Å². The molecule has 0 aromatic heterocycles. The first-order valence-electron chi connectivity index (χ1n) is 9.33. The fraction of sp³-hybridized carbons (Fsp3) is 0.650. The smallest absolute Gasteiger partial charge is 0.193 e. The van der Waals surface area contributed by atoms with Crippen LogP contribution in [-0.4, -0.2) is 76.3 Å². The average molecular weight is 347 g/mol. The van der Waals surface area contributed by atoms with Gasteiger partial charge < -0.3 is 19.9 Å². The van der Waals surface area contributed by atoms with Gasteiger partial charge in [-0.1, -0.05) is 37.3 Å². The molecule has 1 saturated heterocycles. The highest BCUT2D eigenvalue weighted by molar-refractivity contribution is 5.80. The third-order valence-electron chi connectivity index (χ3n) is 5.10. The van der Waals surface area contributed by atoms with Crippen molar-refractivity contribution in [1.82, 2.24) is 15.1 Å². The number of likely N-dealkylation sites (tertiary alicyclic amines) is 1. The maximum Gasteiger partial charge on any atom is 0.193 e. The van der Waals surface area contributed by atoms with Crippen molar-refractivity contribution in [3.8, 4) is 0 Å². The van der Waals surface area contributed by atoms with E-state index in [-0.39, 0.29) is 0 Å². The molecule has 2 unspecified atom stereocenters. The van der Waals surface area contributed by atoms with Gasteiger partial charge in [-0.15, -0.1) is 0 Å². The molecule has 25 heavy (non-hydrogen) atoms. The Balaban J connectivity index is 1.81. The zero-order valence-corrected chi connectivity index (χ0v) is 16.2. The molecule has 0 radical (unpaired) electrons. The molecule has 5 heteroatoms. The fourth-order valence-electron chi connectivity index (χ4n) is 3.58. The second-order valence-electron chi connectivity index (χ2n) is 7.00. The lowest BCUT2D eigenvalue weighted by Crippen LogP contribution is -2.49. The summed E-state index contributed by atoms with van der Waals surface area (Å²) in [6.07, 6.45) is 1.18. The summed E-state index contributed by atoms with van der Waals surface area (Å²) in [5, 5.41) is 3.52. The van der Waals surface area contributed by atoms with Crippen LogP contribution in [0.1, 0.15) is 24.8 Å². The minimum Gasteiger partial charge on any atom is -0.383 e. The molecule has 0 saturated carbocycles. The number of likely N-dealkylation sites (N-methyl/N-ethyl adjacent to an activating group) is 1. The third-order valence-corrected chi connectivity index (χ3v) is 5.10. The van der Waals surface area contributed by atoms with Crippen LogP contribution in [0, 0.1) is 5.92 Å². The molecule has 1 aromatic rings. The van der Waals surface area contributed by atoms with Crippen LogP contribution in [0.25, 0.3) is 0 Å². The lowest BCUT2D eigenvalue weighted by Gasteiger charge is -2.39. The summed E-state index contributed by atoms with van der Waals surface area (Å²) in [6.45, 7) is 8.09. The van der Waals surface area contributed by atoms with Crippen LogP contribution in [0.15, 0.2) is 35.3 Å². The molecule has 0 bridgehead atoms. The Morgan fingerprint density at radius 1 is 1.32 bits per heavy atom. The first-order valence-corrected chi connectivity index (χ1v) is 9.33. The maximum atomic E-state index is 5.12. The van der Waals surface area contributed by atoms with Gasteiger partial charge in [0.2, 0.25) is 0 Å². The summed E-state index contributed by atoms with van der Waals surface area (Å²) in [4.78, 5) is 9.17. The van der Waals surface area contributed by atoms with Crippen LogP contribution in [0.2, 0.25) is 0 Å². The summed E-state index contributed by atoms with van der Waals surface area (Å²) in [5.74, 6) is 2.30. The number of rotatable bonds is 7. The molecule has 0 aliphatic carbocycles. The van der Waals surface area contributed by atoms with Crippen LogP contribution in [0.4, 0.5) is 0 Å². The summed E-state index contributed by atoms with van der Waals surface area (Å²) in [5.41, 5.74) is 1.47. The van der Waals surface area contributed by atoms with Gasteiger partial charge in [0.05, 0.1) is 6.61 Å². The number of benzene rings is 1. The van der Waals surface area contributed by atoms with E-state index in [1.54, 1.807) is 7.11 Å². The van der Waals surface area contributed by atoms with E-state index in [1.165, 1.54) is 12.0 Å². The molecule has 2 atom stereocenters. The van der Waals surface area contributed by atoms with Gasteiger partial charge in [0.1, 0.15) is 0 Å². The maximum absolute atomic E-state index is 5.12. The molecule has 0 amide bonds. The topological polar surface area (TPSA) is 40.1 Å². The van der Waals surface area contributed by atoms with E-state index in [9.17, 15) is 0 Å². The Labute approximate surface area is 153 Å². The van der Waals surface area contributed by atoms with E-state index in [4.69, 9.17) is 4.74 Å². The van der Waals surface area contributed by atoms with E-state index in [2.05, 4.69) is 64.4 Å². The Bertz CT molecular complexity index is 520. The van der Waals surface area contributed by atoms with Crippen molar-refractivity contribution in [3.63, 3.8) is 0 Å². The van der Waals surface area contributed by atoms with Crippen LogP contribution in [0.5, 0.6) is 0 Å². The van der Waals surface area contributed by atoms with Crippen molar-refractivity contribution in [2.24, 2.45) is 10.9 Å². The predicted molar refractivity (Wildman–Crippen MR) is 105 cm³/mol. The second kappa shape index (κ2) is 10.4. The van der Waals surface area contributed by atoms with Gasteiger partial charge in [-0.3, -0.25) is 4.99 Å². The molecule has 1 aliphatic heterocycles. The van der Waals surface area contributed by atoms with Gasteiger partial charge in [-0.05, 0) is 30.9 Å². The first kappa shape index (κ1) is 19.7. The number of piperidine rings is 1. The molecule has 0 spiro atoms. The van der Waals surface area contributed by atoms with Crippen molar-refractivity contribution in [3.05, 3.63) is 35.9 Å². The van der Waals surface area contributed by atoms with Gasteiger partial charge in [0.25, 0.3) is 0 Å². The lowest BCUT2D eigenvalue weighted by atomic mass is 9.82. The summed E-state index contributed by atoms with van der Waals surface area (Å²) in [6, 6.07) is 10.9. The van der Waals surface area contributed by atoms with Crippen LogP contribution in [-0.2, 0) is 4.74 Å². The molecule has 2 rings (SSSR count). The van der Waals surface area contributed by atoms with Gasteiger partial charge in [0, 0.05) is 46.9 Å². The number of methoxy groups -OCH3 is 1. The Morgan fingerprint density at radius 2 is 2.08 bits per heavy atom. The Kier molecular flexibility index (Phi) is 8.22. The number of aliphatic imine (C=N–C) groups is 1. The standard InChI is InChI=1S/C20H34N4O/c1-17-16-24(12-10-19(17)18-8-6-5-7-9-18)20(21-2)22-11-13-23(3)14-15-25-4/h5-9,17,19H,10-16H2,1-4H3,(H,21,22). The highest BCUT2D eigenvalue weighted by atomic mass is 16.5. The predicted octanol–water partition coefficient (Wildman–Crippen LogP) is 2.27. The number of hydrogen-bond acceptors (Lipinski definition) is 3. The van der Waals surface area contributed by atoms with Crippen LogP contribution < -0.4 is 5.32 Å². The van der Waals surface area contributed by atoms with E-state index in [1.807, 2.05) is 7.05 Å². The van der Waals surface area contributed by atoms with E-state index in [0.717, 1.165) is 45.3 Å². The molecule has 5 nitrogen and oxygen atoms in total. The summed E-state index contributed by atoms with van der Waals surface area (Å²) in [7, 11) is 5.75. The SMILES string of the molecule is CN=C(NCCN(C)CCOC)N1CCC(c2ccccc2)C(C)C1. The number of nitrogens with one attached hydrogen (secondary N) is 1. The van der Waals surface area contributed by atoms with Crippen molar-refractivity contribution in [1.29, 1.82) is 0 Å². The zero-order valence-electron chi connectivity index (χ0n) is 16.2. The lowest BCUT2D eigenvalue weighted by molar-refractivity contribution is 0.162. The van der Waals surface area contributed by atoms with Gasteiger partial charge in [0.15, 0.2) is 5.96 Å². The minimum atomic E-state index is 0.624. The molecule has 1 aliphatic rings. The number of nitrogens with zero attached hydrogens (tertiary/aromatic N) is 3. The second-order valence-corrected chi connectivity index (χ2v) is 7.00. The van der Waals surface area contributed by atoms with Crippen LogP contribution in [0.3, 0.4) is 0 Å². The van der Waals surface area contributed by atoms with Gasteiger partial charge >= 0.3 is 0 Å². The number of ether oxygens (including phenoxy) is 1. The summed E-state index contributed by atoms with van der Waals surface area (Å²) < 4.78 is 5.12. The highest BCUT2D eigenvalue weighted by Gasteiger charge is 2.28. The van der Waals surface area contributed by atoms with E-state index < -0.39 is 0 Å². The van der Waals surface area contributed by atoms with Crippen molar-refractivity contribution >= 4 is 5.96 Å². The molecular formula is C20H34N4O. The van der Waals surface area contributed by atoms with Crippen molar-refractivity contribution in [2.75, 3.05) is 60.5 Å². The van der Waals surface area contributed by atoms with Crippen molar-refractivity contribution in [2.45, 2.75) is 19.3 Å². The highest BCUT2D eigenvalue weighted by Crippen LogP contribution is 2.32. The molecule has 1 N–H and O–H groups in total. The third kappa shape index (κ3) is 6.01. The largest absolute Gasteiger partial charge is 0.383 e. The van der Waals surface area contributed by atoms with E-state index in [0.29, 0.717) is 11.8 Å². The molecule has 1 heterocycles. The quantitative estimate of drug-likeness (QED) is 0.607. The van der Waals surface area contributed by atoms with Gasteiger partial charge in [-0.2, -0.15) is 0 Å². The fourth-order valence-corrected chi connectivity index (χ4v) is 3.58. The minimum absolute atomic E-state index is 0.624. The number of hydrogen-bond donors (Lipinski definition) is 1. The molecular weight excluding hydrogens is 312 g/mol. The van der Waals surface area contributed by atoms with Crippen LogP contribution >= 0.6 is 0 Å². The molecule has 140 valence electrons. The normalized spacial score (nSPS) is 21.6. The average Bonchev–Trinajstić information content (AvgIpc) is 2.64. The first-order chi connectivity index (χ1) is 12.2. The molecule has 1 aromatic carbocycles.